The fourth-order valence-electron chi connectivity index (χ4n) is 15.3. The summed E-state index contributed by atoms with van der Waals surface area (Å²) in [7, 11) is 4.66. The third-order valence-corrected chi connectivity index (χ3v) is 21.7. The van der Waals surface area contributed by atoms with Gasteiger partial charge < -0.3 is 69.5 Å². The Morgan fingerprint density at radius 3 is 2.02 bits per heavy atom. The molecule has 1 saturated heterocycles. The highest BCUT2D eigenvalue weighted by atomic mass is 16.6. The molecule has 1 unspecified atom stereocenters. The molecule has 111 heavy (non-hydrogen) atoms. The van der Waals surface area contributed by atoms with Gasteiger partial charge in [-0.25, -0.2) is 14.4 Å². The lowest BCUT2D eigenvalue weighted by Gasteiger charge is -2.31. The van der Waals surface area contributed by atoms with Crippen LogP contribution in [0.2, 0.25) is 0 Å². The van der Waals surface area contributed by atoms with Crippen molar-refractivity contribution in [2.24, 2.45) is 11.3 Å². The van der Waals surface area contributed by atoms with E-state index < -0.39 is 73.1 Å². The molecule has 0 bridgehead atoms. The summed E-state index contributed by atoms with van der Waals surface area (Å²) in [6.45, 7) is 9.02. The predicted molar refractivity (Wildman–Crippen MR) is 412 cm³/mol. The number of ketones is 1. The fraction of sp³-hybridized carbons (Fsp3) is 0.417. The summed E-state index contributed by atoms with van der Waals surface area (Å²) >= 11 is 0. The van der Waals surface area contributed by atoms with Crippen LogP contribution in [0.3, 0.4) is 0 Å². The minimum absolute atomic E-state index is 0.0260. The van der Waals surface area contributed by atoms with Gasteiger partial charge >= 0.3 is 6.09 Å². The molecule has 8 amide bonds. The Labute approximate surface area is 644 Å². The highest BCUT2D eigenvalue weighted by Crippen LogP contribution is 2.57. The van der Waals surface area contributed by atoms with Gasteiger partial charge in [0.1, 0.15) is 24.1 Å². The van der Waals surface area contributed by atoms with Crippen LogP contribution in [-0.2, 0) is 59.5 Å². The molecule has 0 radical (unpaired) electrons. The van der Waals surface area contributed by atoms with E-state index in [0.717, 1.165) is 75.4 Å². The largest absolute Gasteiger partial charge is 0.497 e. The molecule has 1 aromatic heterocycles. The molecule has 5 N–H and O–H groups in total. The van der Waals surface area contributed by atoms with Crippen molar-refractivity contribution in [2.45, 2.75) is 161 Å². The Hall–Kier alpha value is -11.6. The second-order valence-electron chi connectivity index (χ2n) is 30.0. The number of aliphatic hydroxyl groups is 1. The van der Waals surface area contributed by atoms with E-state index in [4.69, 9.17) is 28.4 Å². The number of carbonyl (C=O) groups is 9. The molecule has 6 aliphatic rings. The highest BCUT2D eigenvalue weighted by Gasteiger charge is 2.58. The molecule has 27 nitrogen and oxygen atoms in total. The summed E-state index contributed by atoms with van der Waals surface area (Å²) in [6, 6.07) is 33.9. The number of para-hydroxylation sites is 1. The van der Waals surface area contributed by atoms with Gasteiger partial charge in [-0.3, -0.25) is 38.4 Å². The molecular formula is C84H95N11O16. The second-order valence-corrected chi connectivity index (χ2v) is 30.0. The first-order valence-electron chi connectivity index (χ1n) is 38.0. The Morgan fingerprint density at radius 2 is 1.32 bits per heavy atom. The van der Waals surface area contributed by atoms with Gasteiger partial charge in [0, 0.05) is 66.8 Å². The van der Waals surface area contributed by atoms with E-state index in [-0.39, 0.29) is 103 Å². The average molecular weight is 1510 g/mol. The Kier molecular flexibility index (Phi) is 23.5. The van der Waals surface area contributed by atoms with Crippen LogP contribution in [0, 0.1) is 11.3 Å². The predicted octanol–water partition coefficient (Wildman–Crippen LogP) is 9.84. The standard InChI is InChI=1S/C84H95N11O16/c1-49(2)76(88-74(99)44-86-73(98)43-85-72(97)30-31-75(100)92-45-56-16-10-11-17-60(56)77-78(95(50(3)4)90-89-77)61-18-12-13-19-64(61)92)79(101)87-51(5)67(96)36-52-20-22-53(23-21-52)47-111-83(105)94-65-41-71(69(108-8)40-63(65)81(103)93-48-84(32-33-84)42-66(93)82(94)104)110-35-15-9-14-34-109-70-38-55-24-27-58-37-57(54-25-28-59(106-6)29-26-54)46-91(58)80(102)62(55)39-68(70)107-7/h10-13,16-23,25-26,28-29,38-41,46,49-51,58,66,76,82,104H,9,14-15,24,27,30-37,42-45,47-48H2,1-8H3,(H,85,97)(H,86,98)(H,87,101)(H,88,99)/t51-,58+,66-,76-,82?/m0/s1. The van der Waals surface area contributed by atoms with Crippen LogP contribution in [0.25, 0.3) is 28.1 Å². The zero-order valence-electron chi connectivity index (χ0n) is 63.8. The number of rotatable bonds is 29. The number of hydrogen-bond acceptors (Lipinski definition) is 18. The van der Waals surface area contributed by atoms with Crippen molar-refractivity contribution in [3.05, 3.63) is 166 Å². The summed E-state index contributed by atoms with van der Waals surface area (Å²) in [4.78, 5) is 130. The van der Waals surface area contributed by atoms with Crippen LogP contribution in [0.15, 0.2) is 128 Å². The number of amides is 8. The number of hydrogen-bond donors (Lipinski definition) is 5. The number of anilines is 2. The van der Waals surface area contributed by atoms with Gasteiger partial charge in [-0.15, -0.1) is 5.10 Å². The van der Waals surface area contributed by atoms with Gasteiger partial charge in [0.25, 0.3) is 11.8 Å². The van der Waals surface area contributed by atoms with E-state index in [2.05, 4.69) is 31.6 Å². The Morgan fingerprint density at radius 1 is 0.658 bits per heavy atom. The topological polar surface area (TPSA) is 321 Å². The van der Waals surface area contributed by atoms with Crippen LogP contribution < -0.4 is 54.8 Å². The number of methoxy groups -OCH3 is 3. The van der Waals surface area contributed by atoms with Crippen molar-refractivity contribution in [1.29, 1.82) is 0 Å². The maximum absolute atomic E-state index is 14.5. The zero-order chi connectivity index (χ0) is 78.4. The number of unbranched alkanes of at least 4 members (excludes halogenated alkanes) is 2. The lowest BCUT2D eigenvalue weighted by molar-refractivity contribution is -0.132. The molecule has 5 aliphatic heterocycles. The number of fused-ring (bicyclic) bond motifs is 9. The van der Waals surface area contributed by atoms with Crippen LogP contribution in [0.1, 0.15) is 153 Å². The Balaban J connectivity index is 0.557. The van der Waals surface area contributed by atoms with Crippen molar-refractivity contribution >= 4 is 70.2 Å². The monoisotopic (exact) mass is 1510 g/mol. The van der Waals surface area contributed by atoms with Crippen LogP contribution in [-0.4, -0.2) is 168 Å². The maximum atomic E-state index is 14.5. The quantitative estimate of drug-likeness (QED) is 0.0272. The third-order valence-electron chi connectivity index (χ3n) is 21.7. The second kappa shape index (κ2) is 33.7. The molecule has 2 fully saturated rings. The first-order chi connectivity index (χ1) is 53.5. The van der Waals surface area contributed by atoms with Crippen molar-refractivity contribution in [3.8, 4) is 51.3 Å². The number of benzene rings is 6. The minimum Gasteiger partial charge on any atom is -0.497 e. The number of aryl methyl sites for hydroxylation is 1. The lowest BCUT2D eigenvalue weighted by Crippen LogP contribution is -2.54. The van der Waals surface area contributed by atoms with Gasteiger partial charge in [-0.2, -0.15) is 0 Å². The van der Waals surface area contributed by atoms with Crippen molar-refractivity contribution in [3.63, 3.8) is 0 Å². The van der Waals surface area contributed by atoms with Crippen molar-refractivity contribution < 1.29 is 76.7 Å². The van der Waals surface area contributed by atoms with Gasteiger partial charge in [-0.05, 0) is 160 Å². The molecule has 1 saturated carbocycles. The van der Waals surface area contributed by atoms with E-state index in [1.165, 1.54) is 20.1 Å². The zero-order valence-corrected chi connectivity index (χ0v) is 63.8. The number of ether oxygens (including phenoxy) is 6. The van der Waals surface area contributed by atoms with Crippen LogP contribution >= 0.6 is 0 Å². The van der Waals surface area contributed by atoms with E-state index in [9.17, 15) is 48.3 Å². The smallest absolute Gasteiger partial charge is 0.416 e. The molecule has 6 heterocycles. The highest BCUT2D eigenvalue weighted by molar-refractivity contribution is 6.07. The molecule has 13 rings (SSSR count). The maximum Gasteiger partial charge on any atom is 0.416 e. The van der Waals surface area contributed by atoms with E-state index >= 15 is 0 Å². The number of nitrogens with one attached hydrogen (secondary N) is 4. The van der Waals surface area contributed by atoms with Gasteiger partial charge in [0.15, 0.2) is 35.0 Å². The minimum atomic E-state index is -1.47. The summed E-state index contributed by atoms with van der Waals surface area (Å²) in [5.41, 5.74) is 9.54. The van der Waals surface area contributed by atoms with Gasteiger partial charge in [-0.1, -0.05) is 97.9 Å². The van der Waals surface area contributed by atoms with E-state index in [0.29, 0.717) is 84.8 Å². The normalized spacial score (nSPS) is 17.5. The van der Waals surface area contributed by atoms with Gasteiger partial charge in [0.2, 0.25) is 29.5 Å². The molecule has 27 heteroatoms. The number of aliphatic hydroxyl groups excluding tert-OH is 1. The molecule has 582 valence electrons. The summed E-state index contributed by atoms with van der Waals surface area (Å²) in [5.74, 6) is -1.70. The molecule has 7 aromatic rings. The SMILES string of the molecule is COc1ccc(C2=CN3C(=O)c4cc(OC)c(OCCCCCOc5cc6c(cc5OC)C(=O)N5CC7(CC7)C[C@H]5C(O)N6C(=O)OCc5ccc(CC(=O)[C@H](C)NC(=O)[C@@H](NC(=O)CNC(=O)CNC(=O)CCC(=O)N6Cc7ccccc7-c7nnn(C(C)C)c7-c7ccccc76)C(C)C)cc5)cc4CC[C@@H]3C2)cc1. The number of nitrogens with zero attached hydrogens (tertiary/aromatic N) is 7. The number of Topliss-reactive ketones (excluding diaryl/α,β-unsaturated/α-hetero) is 1. The van der Waals surface area contributed by atoms with Crippen LogP contribution in [0.5, 0.6) is 28.7 Å². The first-order valence-corrected chi connectivity index (χ1v) is 38.0. The molecule has 5 atom stereocenters. The van der Waals surface area contributed by atoms with Crippen molar-refractivity contribution in [2.75, 3.05) is 64.0 Å². The Bertz CT molecular complexity index is 4740. The van der Waals surface area contributed by atoms with E-state index in [1.54, 1.807) is 74.3 Å². The summed E-state index contributed by atoms with van der Waals surface area (Å²) in [6.07, 6.45) is 5.67. The summed E-state index contributed by atoms with van der Waals surface area (Å²) in [5, 5.41) is 31.6. The van der Waals surface area contributed by atoms with Crippen LogP contribution in [0.4, 0.5) is 16.2 Å². The third kappa shape index (κ3) is 17.1. The lowest BCUT2D eigenvalue weighted by atomic mass is 9.95. The fourth-order valence-corrected chi connectivity index (χ4v) is 15.3. The van der Waals surface area contributed by atoms with E-state index in [1.807, 2.05) is 108 Å². The molecule has 1 aliphatic carbocycles. The molecular weight excluding hydrogens is 1420 g/mol. The summed E-state index contributed by atoms with van der Waals surface area (Å²) < 4.78 is 37.3. The van der Waals surface area contributed by atoms with Crippen molar-refractivity contribution in [1.82, 2.24) is 46.1 Å². The van der Waals surface area contributed by atoms with Gasteiger partial charge in [0.05, 0.1) is 88.9 Å². The molecule has 1 spiro atoms. The average Bonchev–Trinajstić information content (AvgIpc) is 1.58. The first kappa shape index (κ1) is 77.5. The number of aromatic nitrogens is 3. The molecule has 6 aromatic carbocycles. The number of carbonyl (C=O) groups excluding carboxylic acids is 9.